The highest BCUT2D eigenvalue weighted by atomic mass is 79.9. The Kier molecular flexibility index (Phi) is 3.84. The minimum absolute atomic E-state index is 0.359. The van der Waals surface area contributed by atoms with Crippen LogP contribution >= 0.6 is 15.9 Å². The van der Waals surface area contributed by atoms with E-state index in [0.717, 1.165) is 21.3 Å². The van der Waals surface area contributed by atoms with E-state index in [4.69, 9.17) is 4.74 Å². The Labute approximate surface area is 131 Å². The van der Waals surface area contributed by atoms with Gasteiger partial charge in [0, 0.05) is 22.9 Å². The average Bonchev–Trinajstić information content (AvgIpc) is 2.49. The molecular formula is C16H14BrN3O. The third kappa shape index (κ3) is 3.03. The van der Waals surface area contributed by atoms with Gasteiger partial charge >= 0.3 is 0 Å². The lowest BCUT2D eigenvalue weighted by Crippen LogP contribution is -1.96. The summed E-state index contributed by atoms with van der Waals surface area (Å²) in [5, 5.41) is 0. The first-order chi connectivity index (χ1) is 10.1. The fourth-order valence-corrected chi connectivity index (χ4v) is 2.45. The number of benzene rings is 1. The van der Waals surface area contributed by atoms with Crippen molar-refractivity contribution >= 4 is 27.1 Å². The van der Waals surface area contributed by atoms with Gasteiger partial charge in [-0.25, -0.2) is 4.98 Å². The molecule has 1 aromatic carbocycles. The van der Waals surface area contributed by atoms with Crippen LogP contribution in [0.5, 0.6) is 11.6 Å². The zero-order valence-corrected chi connectivity index (χ0v) is 13.3. The first-order valence-corrected chi connectivity index (χ1v) is 7.48. The number of rotatable bonds is 3. The largest absolute Gasteiger partial charge is 0.439 e. The Bertz CT molecular complexity index is 789. The molecule has 5 heteroatoms. The molecule has 2 heterocycles. The Morgan fingerprint density at radius 1 is 1.05 bits per heavy atom. The maximum Gasteiger partial charge on any atom is 0.221 e. The van der Waals surface area contributed by atoms with Crippen LogP contribution in [-0.2, 0) is 0 Å². The molecule has 0 radical (unpaired) electrons. The predicted molar refractivity (Wildman–Crippen MR) is 85.6 cm³/mol. The van der Waals surface area contributed by atoms with Crippen molar-refractivity contribution in [3.63, 3.8) is 0 Å². The summed E-state index contributed by atoms with van der Waals surface area (Å²) in [5.41, 5.74) is 2.47. The van der Waals surface area contributed by atoms with E-state index in [9.17, 15) is 0 Å². The predicted octanol–water partition coefficient (Wildman–Crippen LogP) is 4.70. The van der Waals surface area contributed by atoms with E-state index >= 15 is 0 Å². The summed E-state index contributed by atoms with van der Waals surface area (Å²) in [6, 6.07) is 9.65. The Morgan fingerprint density at radius 3 is 2.67 bits per heavy atom. The van der Waals surface area contributed by atoms with E-state index in [1.165, 1.54) is 0 Å². The highest BCUT2D eigenvalue weighted by Crippen LogP contribution is 2.32. The van der Waals surface area contributed by atoms with Crippen LogP contribution in [-0.4, -0.2) is 15.0 Å². The van der Waals surface area contributed by atoms with E-state index in [-0.39, 0.29) is 0 Å². The molecule has 4 nitrogen and oxygen atoms in total. The molecule has 0 unspecified atom stereocenters. The number of pyridine rings is 1. The highest BCUT2D eigenvalue weighted by Gasteiger charge is 2.10. The van der Waals surface area contributed by atoms with Gasteiger partial charge in [-0.05, 0) is 35.7 Å². The number of hydrogen-bond donors (Lipinski definition) is 0. The lowest BCUT2D eigenvalue weighted by molar-refractivity contribution is 0.456. The summed E-state index contributed by atoms with van der Waals surface area (Å²) in [7, 11) is 0. The van der Waals surface area contributed by atoms with Gasteiger partial charge in [0.15, 0.2) is 5.65 Å². The van der Waals surface area contributed by atoms with Gasteiger partial charge in [-0.15, -0.1) is 0 Å². The molecule has 106 valence electrons. The van der Waals surface area contributed by atoms with Gasteiger partial charge in [0.25, 0.3) is 0 Å². The maximum absolute atomic E-state index is 5.93. The van der Waals surface area contributed by atoms with Crippen molar-refractivity contribution in [1.29, 1.82) is 0 Å². The molecule has 3 aromatic rings. The average molecular weight is 344 g/mol. The van der Waals surface area contributed by atoms with E-state index < -0.39 is 0 Å². The molecule has 0 saturated carbocycles. The monoisotopic (exact) mass is 343 g/mol. The van der Waals surface area contributed by atoms with Gasteiger partial charge in [0.05, 0.1) is 0 Å². The van der Waals surface area contributed by atoms with Crippen LogP contribution in [0.2, 0.25) is 0 Å². The molecule has 0 atom stereocenters. The third-order valence-electron chi connectivity index (χ3n) is 3.11. The van der Waals surface area contributed by atoms with Crippen molar-refractivity contribution < 1.29 is 4.74 Å². The Morgan fingerprint density at radius 2 is 1.86 bits per heavy atom. The normalized spacial score (nSPS) is 11.0. The third-order valence-corrected chi connectivity index (χ3v) is 3.61. The number of fused-ring (bicyclic) bond motifs is 1. The molecule has 0 aliphatic heterocycles. The van der Waals surface area contributed by atoms with Gasteiger partial charge in [0.1, 0.15) is 11.3 Å². The molecule has 0 saturated heterocycles. The van der Waals surface area contributed by atoms with Crippen LogP contribution in [0.15, 0.2) is 47.2 Å². The number of nitrogens with zero attached hydrogens (tertiary/aromatic N) is 3. The maximum atomic E-state index is 5.93. The molecule has 2 aromatic heterocycles. The number of ether oxygens (including phenoxy) is 1. The summed E-state index contributed by atoms with van der Waals surface area (Å²) >= 11 is 3.49. The van der Waals surface area contributed by atoms with Crippen molar-refractivity contribution in [2.45, 2.75) is 19.8 Å². The second-order valence-electron chi connectivity index (χ2n) is 4.99. The van der Waals surface area contributed by atoms with Gasteiger partial charge in [-0.2, -0.15) is 4.98 Å². The first-order valence-electron chi connectivity index (χ1n) is 6.68. The van der Waals surface area contributed by atoms with Crippen LogP contribution in [0.4, 0.5) is 0 Å². The van der Waals surface area contributed by atoms with Crippen LogP contribution in [0.25, 0.3) is 11.2 Å². The molecule has 0 fully saturated rings. The van der Waals surface area contributed by atoms with Crippen molar-refractivity contribution in [2.75, 3.05) is 0 Å². The number of halogens is 1. The molecule has 0 N–H and O–H groups in total. The fourth-order valence-electron chi connectivity index (χ4n) is 2.07. The molecular weight excluding hydrogens is 330 g/mol. The molecule has 0 aliphatic rings. The van der Waals surface area contributed by atoms with E-state index in [1.807, 2.05) is 24.3 Å². The SMILES string of the molecule is CC(C)c1cc(Br)ccc1Oc1ccc2nccnc2n1. The fraction of sp³-hybridized carbons (Fsp3) is 0.188. The van der Waals surface area contributed by atoms with Crippen LogP contribution in [0.3, 0.4) is 0 Å². The van der Waals surface area contributed by atoms with E-state index in [0.29, 0.717) is 17.4 Å². The second-order valence-corrected chi connectivity index (χ2v) is 5.90. The lowest BCUT2D eigenvalue weighted by atomic mass is 10.0. The van der Waals surface area contributed by atoms with Crippen LogP contribution in [0, 0.1) is 0 Å². The molecule has 3 rings (SSSR count). The Balaban J connectivity index is 1.98. The summed E-state index contributed by atoms with van der Waals surface area (Å²) < 4.78 is 6.97. The Hall–Kier alpha value is -2.01. The van der Waals surface area contributed by atoms with Crippen molar-refractivity contribution in [1.82, 2.24) is 15.0 Å². The smallest absolute Gasteiger partial charge is 0.221 e. The van der Waals surface area contributed by atoms with Gasteiger partial charge in [-0.3, -0.25) is 4.98 Å². The minimum atomic E-state index is 0.359. The molecule has 0 aliphatic carbocycles. The summed E-state index contributed by atoms with van der Waals surface area (Å²) in [4.78, 5) is 12.8. The van der Waals surface area contributed by atoms with Gasteiger partial charge in [0.2, 0.25) is 5.88 Å². The number of hydrogen-bond acceptors (Lipinski definition) is 4. The summed E-state index contributed by atoms with van der Waals surface area (Å²) in [6.07, 6.45) is 3.27. The van der Waals surface area contributed by atoms with E-state index in [1.54, 1.807) is 12.4 Å². The van der Waals surface area contributed by atoms with Gasteiger partial charge < -0.3 is 4.74 Å². The molecule has 0 bridgehead atoms. The summed E-state index contributed by atoms with van der Waals surface area (Å²) in [5.74, 6) is 1.69. The minimum Gasteiger partial charge on any atom is -0.439 e. The molecule has 0 amide bonds. The molecule has 0 spiro atoms. The zero-order valence-electron chi connectivity index (χ0n) is 11.7. The van der Waals surface area contributed by atoms with Crippen LogP contribution in [0.1, 0.15) is 25.3 Å². The number of aromatic nitrogens is 3. The first kappa shape index (κ1) is 13.9. The van der Waals surface area contributed by atoms with Crippen LogP contribution < -0.4 is 4.74 Å². The van der Waals surface area contributed by atoms with Crippen molar-refractivity contribution in [3.05, 3.63) is 52.8 Å². The highest BCUT2D eigenvalue weighted by molar-refractivity contribution is 9.10. The summed E-state index contributed by atoms with van der Waals surface area (Å²) in [6.45, 7) is 4.27. The standard InChI is InChI=1S/C16H14BrN3O/c1-10(2)12-9-11(17)3-5-14(12)21-15-6-4-13-16(20-15)19-8-7-18-13/h3-10H,1-2H3. The molecule has 21 heavy (non-hydrogen) atoms. The van der Waals surface area contributed by atoms with E-state index in [2.05, 4.69) is 50.8 Å². The zero-order chi connectivity index (χ0) is 14.8. The lowest BCUT2D eigenvalue weighted by Gasteiger charge is -2.13. The van der Waals surface area contributed by atoms with Gasteiger partial charge in [-0.1, -0.05) is 29.8 Å². The van der Waals surface area contributed by atoms with Crippen molar-refractivity contribution in [2.24, 2.45) is 0 Å². The quantitative estimate of drug-likeness (QED) is 0.691. The second kappa shape index (κ2) is 5.77. The topological polar surface area (TPSA) is 47.9 Å². The van der Waals surface area contributed by atoms with Crippen molar-refractivity contribution in [3.8, 4) is 11.6 Å².